The van der Waals surface area contributed by atoms with Crippen LogP contribution in [0.3, 0.4) is 0 Å². The lowest BCUT2D eigenvalue weighted by molar-refractivity contribution is 0.665. The van der Waals surface area contributed by atoms with E-state index in [1.54, 1.807) is 11.3 Å². The molecule has 0 bridgehead atoms. The SMILES string of the molecule is Cc1ccc(N(c2ccc(Br)cc2)c2ccc(-c3ccc(SO)s3)cc2)c(C)c1. The van der Waals surface area contributed by atoms with Crippen molar-refractivity contribution in [3.63, 3.8) is 0 Å². The van der Waals surface area contributed by atoms with Crippen LogP contribution in [-0.2, 0) is 0 Å². The van der Waals surface area contributed by atoms with Gasteiger partial charge in [-0.15, -0.1) is 11.3 Å². The van der Waals surface area contributed by atoms with Crippen LogP contribution in [0.1, 0.15) is 11.1 Å². The average Bonchev–Trinajstić information content (AvgIpc) is 3.21. The molecule has 0 aliphatic carbocycles. The Morgan fingerprint density at radius 3 is 2.07 bits per heavy atom. The predicted octanol–water partition coefficient (Wildman–Crippen LogP) is 8.83. The maximum atomic E-state index is 9.25. The number of rotatable bonds is 5. The van der Waals surface area contributed by atoms with Crippen LogP contribution in [0.4, 0.5) is 17.1 Å². The Morgan fingerprint density at radius 2 is 1.48 bits per heavy atom. The Labute approximate surface area is 188 Å². The molecule has 0 fully saturated rings. The van der Waals surface area contributed by atoms with E-state index in [0.717, 1.165) is 42.5 Å². The van der Waals surface area contributed by atoms with E-state index in [1.807, 2.05) is 6.07 Å². The first-order chi connectivity index (χ1) is 14.0. The maximum Gasteiger partial charge on any atom is 0.0880 e. The van der Waals surface area contributed by atoms with Crippen LogP contribution in [0.15, 0.2) is 87.5 Å². The Hall–Kier alpha value is -2.05. The van der Waals surface area contributed by atoms with Gasteiger partial charge in [0, 0.05) is 38.5 Å². The number of hydrogen-bond donors (Lipinski definition) is 1. The van der Waals surface area contributed by atoms with Crippen molar-refractivity contribution in [1.82, 2.24) is 0 Å². The molecule has 4 rings (SSSR count). The van der Waals surface area contributed by atoms with Gasteiger partial charge in [0.15, 0.2) is 0 Å². The van der Waals surface area contributed by atoms with Crippen LogP contribution >= 0.6 is 39.3 Å². The van der Waals surface area contributed by atoms with E-state index in [-0.39, 0.29) is 0 Å². The molecule has 5 heteroatoms. The summed E-state index contributed by atoms with van der Waals surface area (Å²) in [4.78, 5) is 3.43. The molecule has 0 saturated carbocycles. The van der Waals surface area contributed by atoms with Gasteiger partial charge in [-0.2, -0.15) is 0 Å². The molecule has 0 unspecified atom stereocenters. The Kier molecular flexibility index (Phi) is 6.11. The van der Waals surface area contributed by atoms with Gasteiger partial charge in [-0.3, -0.25) is 0 Å². The molecule has 1 heterocycles. The maximum absolute atomic E-state index is 9.25. The fraction of sp³-hybridized carbons (Fsp3) is 0.0833. The van der Waals surface area contributed by atoms with Crippen LogP contribution in [0.5, 0.6) is 0 Å². The van der Waals surface area contributed by atoms with Gasteiger partial charge in [0.1, 0.15) is 0 Å². The minimum Gasteiger partial charge on any atom is -0.325 e. The number of benzene rings is 3. The van der Waals surface area contributed by atoms with Gasteiger partial charge in [-0.05, 0) is 79.6 Å². The number of halogens is 1. The van der Waals surface area contributed by atoms with Crippen molar-refractivity contribution in [3.05, 3.63) is 94.5 Å². The second kappa shape index (κ2) is 8.76. The molecule has 4 aromatic rings. The summed E-state index contributed by atoms with van der Waals surface area (Å²) in [5, 5.41) is 0. The summed E-state index contributed by atoms with van der Waals surface area (Å²) in [6, 6.07) is 27.5. The zero-order valence-electron chi connectivity index (χ0n) is 16.1. The van der Waals surface area contributed by atoms with Crippen molar-refractivity contribution in [2.24, 2.45) is 0 Å². The molecule has 1 N–H and O–H groups in total. The molecule has 2 nitrogen and oxygen atoms in total. The second-order valence-corrected chi connectivity index (χ2v) is 9.74. The lowest BCUT2D eigenvalue weighted by atomic mass is 10.1. The molecule has 0 amide bonds. The smallest absolute Gasteiger partial charge is 0.0880 e. The zero-order valence-corrected chi connectivity index (χ0v) is 19.3. The summed E-state index contributed by atoms with van der Waals surface area (Å²) >= 11 is 5.93. The number of anilines is 3. The standard InChI is InChI=1S/C24H20BrNOS2/c1-16-3-12-22(17(2)15-16)26(21-10-6-19(25)7-11-21)20-8-4-18(5-9-20)23-13-14-24(28-23)29-27/h3-15,27H,1-2H3. The highest BCUT2D eigenvalue weighted by Crippen LogP contribution is 2.39. The largest absolute Gasteiger partial charge is 0.325 e. The van der Waals surface area contributed by atoms with Gasteiger partial charge in [0.2, 0.25) is 0 Å². The third-order valence-electron chi connectivity index (χ3n) is 4.76. The molecule has 146 valence electrons. The summed E-state index contributed by atoms with van der Waals surface area (Å²) in [7, 11) is 0. The quantitative estimate of drug-likeness (QED) is 0.288. The van der Waals surface area contributed by atoms with E-state index in [4.69, 9.17) is 0 Å². The number of thiophene rings is 1. The van der Waals surface area contributed by atoms with Crippen molar-refractivity contribution >= 4 is 56.4 Å². The van der Waals surface area contributed by atoms with Crippen LogP contribution < -0.4 is 4.90 Å². The lowest BCUT2D eigenvalue weighted by Crippen LogP contribution is -2.11. The van der Waals surface area contributed by atoms with Crippen molar-refractivity contribution in [3.8, 4) is 10.4 Å². The molecule has 0 atom stereocenters. The molecule has 0 saturated heterocycles. The van der Waals surface area contributed by atoms with Crippen LogP contribution in [0, 0.1) is 13.8 Å². The summed E-state index contributed by atoms with van der Waals surface area (Å²) in [6.45, 7) is 4.28. The van der Waals surface area contributed by atoms with Crippen molar-refractivity contribution in [2.75, 3.05) is 4.90 Å². The molecule has 1 aromatic heterocycles. The molecular formula is C24H20BrNOS2. The molecule has 29 heavy (non-hydrogen) atoms. The normalized spacial score (nSPS) is 10.9. The van der Waals surface area contributed by atoms with Crippen molar-refractivity contribution in [1.29, 1.82) is 0 Å². The number of aryl methyl sites for hydroxylation is 2. The Morgan fingerprint density at radius 1 is 0.828 bits per heavy atom. The highest BCUT2D eigenvalue weighted by atomic mass is 79.9. The highest BCUT2D eigenvalue weighted by Gasteiger charge is 2.15. The lowest BCUT2D eigenvalue weighted by Gasteiger charge is -2.27. The molecule has 0 aliphatic heterocycles. The van der Waals surface area contributed by atoms with Gasteiger partial charge < -0.3 is 9.45 Å². The van der Waals surface area contributed by atoms with Gasteiger partial charge in [-0.25, -0.2) is 0 Å². The van der Waals surface area contributed by atoms with E-state index in [0.29, 0.717) is 0 Å². The summed E-state index contributed by atoms with van der Waals surface area (Å²) < 4.78 is 11.2. The van der Waals surface area contributed by atoms with Crippen LogP contribution in [-0.4, -0.2) is 4.55 Å². The minimum atomic E-state index is 0.797. The first kappa shape index (κ1) is 20.2. The third-order valence-corrected chi connectivity index (χ3v) is 7.01. The molecule has 0 spiro atoms. The molecule has 0 aliphatic rings. The number of nitrogens with zero attached hydrogens (tertiary/aromatic N) is 1. The van der Waals surface area contributed by atoms with E-state index in [2.05, 4.69) is 107 Å². The minimum absolute atomic E-state index is 0.797. The zero-order chi connectivity index (χ0) is 20.4. The summed E-state index contributed by atoms with van der Waals surface area (Å²) in [5.74, 6) is 0. The average molecular weight is 482 g/mol. The predicted molar refractivity (Wildman–Crippen MR) is 130 cm³/mol. The molecule has 3 aromatic carbocycles. The van der Waals surface area contributed by atoms with Crippen LogP contribution in [0.2, 0.25) is 0 Å². The topological polar surface area (TPSA) is 23.5 Å². The van der Waals surface area contributed by atoms with E-state index in [9.17, 15) is 4.55 Å². The van der Waals surface area contributed by atoms with Gasteiger partial charge in [0.05, 0.1) is 4.21 Å². The fourth-order valence-electron chi connectivity index (χ4n) is 3.37. The third kappa shape index (κ3) is 4.43. The first-order valence-corrected chi connectivity index (χ1v) is 11.6. The Bertz CT molecular complexity index is 1120. The van der Waals surface area contributed by atoms with E-state index < -0.39 is 0 Å². The first-order valence-electron chi connectivity index (χ1n) is 9.20. The summed E-state index contributed by atoms with van der Waals surface area (Å²) in [5.41, 5.74) is 7.03. The van der Waals surface area contributed by atoms with Gasteiger partial charge >= 0.3 is 0 Å². The van der Waals surface area contributed by atoms with Gasteiger partial charge in [-0.1, -0.05) is 45.8 Å². The van der Waals surface area contributed by atoms with Crippen molar-refractivity contribution in [2.45, 2.75) is 18.1 Å². The molecule has 0 radical (unpaired) electrons. The molecular weight excluding hydrogens is 462 g/mol. The van der Waals surface area contributed by atoms with E-state index >= 15 is 0 Å². The van der Waals surface area contributed by atoms with Crippen molar-refractivity contribution < 1.29 is 4.55 Å². The fourth-order valence-corrected chi connectivity index (χ4v) is 4.93. The monoisotopic (exact) mass is 481 g/mol. The highest BCUT2D eigenvalue weighted by molar-refractivity contribution is 9.10. The van der Waals surface area contributed by atoms with Crippen LogP contribution in [0.25, 0.3) is 10.4 Å². The number of hydrogen-bond acceptors (Lipinski definition) is 4. The summed E-state index contributed by atoms with van der Waals surface area (Å²) in [6.07, 6.45) is 0. The van der Waals surface area contributed by atoms with E-state index in [1.165, 1.54) is 16.8 Å². The Balaban J connectivity index is 1.77. The second-order valence-electron chi connectivity index (χ2n) is 6.86. The van der Waals surface area contributed by atoms with Gasteiger partial charge in [0.25, 0.3) is 0 Å².